The second kappa shape index (κ2) is 3.84. The third-order valence-electron chi connectivity index (χ3n) is 1.32. The van der Waals surface area contributed by atoms with Gasteiger partial charge in [0.2, 0.25) is 5.95 Å². The second-order valence-corrected chi connectivity index (χ2v) is 2.25. The average Bonchev–Trinajstić information content (AvgIpc) is 2.09. The van der Waals surface area contributed by atoms with Crippen molar-refractivity contribution in [2.24, 2.45) is 0 Å². The molecule has 5 heteroatoms. The Morgan fingerprint density at radius 2 is 2.46 bits per heavy atom. The summed E-state index contributed by atoms with van der Waals surface area (Å²) in [6.07, 6.45) is 0.915. The van der Waals surface area contributed by atoms with Crippen molar-refractivity contribution in [1.82, 2.24) is 4.98 Å². The predicted octanol–water partition coefficient (Wildman–Crippen LogP) is 1.10. The number of aromatic hydroxyl groups is 1. The molecule has 0 aromatic carbocycles. The number of esters is 1. The molecular weight excluding hydrogens is 177 g/mol. The molecule has 4 nitrogen and oxygen atoms in total. The molecule has 0 bridgehead atoms. The van der Waals surface area contributed by atoms with E-state index in [2.05, 4.69) is 9.72 Å². The molecule has 0 saturated heterocycles. The fourth-order valence-electron chi connectivity index (χ4n) is 0.789. The highest BCUT2D eigenvalue weighted by molar-refractivity contribution is 5.89. The van der Waals surface area contributed by atoms with E-state index in [0.29, 0.717) is 0 Å². The van der Waals surface area contributed by atoms with Gasteiger partial charge in [-0.1, -0.05) is 0 Å². The van der Waals surface area contributed by atoms with Gasteiger partial charge >= 0.3 is 5.97 Å². The first-order valence-corrected chi connectivity index (χ1v) is 3.66. The Labute approximate surface area is 74.0 Å². The fraction of sp³-hybridized carbons (Fsp3) is 0.250. The molecule has 1 heterocycles. The van der Waals surface area contributed by atoms with Crippen molar-refractivity contribution < 1.29 is 19.0 Å². The summed E-state index contributed by atoms with van der Waals surface area (Å²) in [6.45, 7) is 1.75. The van der Waals surface area contributed by atoms with E-state index < -0.39 is 11.9 Å². The molecule has 13 heavy (non-hydrogen) atoms. The first-order chi connectivity index (χ1) is 6.15. The van der Waals surface area contributed by atoms with Crippen LogP contribution in [0.1, 0.15) is 17.3 Å². The lowest BCUT2D eigenvalue weighted by Crippen LogP contribution is -2.08. The van der Waals surface area contributed by atoms with Crippen LogP contribution in [0.25, 0.3) is 0 Å². The molecule has 70 valence electrons. The van der Waals surface area contributed by atoms with Crippen LogP contribution in [0.15, 0.2) is 12.3 Å². The van der Waals surface area contributed by atoms with E-state index in [-0.39, 0.29) is 17.9 Å². The van der Waals surface area contributed by atoms with Crippen molar-refractivity contribution in [3.63, 3.8) is 0 Å². The monoisotopic (exact) mass is 185 g/mol. The first kappa shape index (κ1) is 9.44. The standard InChI is InChI=1S/C8H8FNO3/c1-2-13-8(12)6-3-5(11)4-10-7(6)9/h3-4,11H,2H2,1H3. The Morgan fingerprint density at radius 1 is 1.77 bits per heavy atom. The highest BCUT2D eigenvalue weighted by Crippen LogP contribution is 2.13. The minimum absolute atomic E-state index is 0.147. The summed E-state index contributed by atoms with van der Waals surface area (Å²) < 4.78 is 17.4. The number of ether oxygens (including phenoxy) is 1. The molecule has 0 unspecified atom stereocenters. The maximum Gasteiger partial charge on any atom is 0.342 e. The summed E-state index contributed by atoms with van der Waals surface area (Å²) in [4.78, 5) is 14.2. The van der Waals surface area contributed by atoms with Gasteiger partial charge in [-0.2, -0.15) is 4.39 Å². The smallest absolute Gasteiger partial charge is 0.342 e. The number of hydrogen-bond acceptors (Lipinski definition) is 4. The van der Waals surface area contributed by atoms with Gasteiger partial charge in [-0.15, -0.1) is 0 Å². The zero-order valence-corrected chi connectivity index (χ0v) is 6.95. The van der Waals surface area contributed by atoms with Crippen molar-refractivity contribution in [1.29, 1.82) is 0 Å². The Kier molecular flexibility index (Phi) is 2.79. The van der Waals surface area contributed by atoms with Crippen molar-refractivity contribution in [3.05, 3.63) is 23.8 Å². The quantitative estimate of drug-likeness (QED) is 0.553. The molecule has 1 N–H and O–H groups in total. The number of carbonyl (C=O) groups is 1. The molecule has 0 fully saturated rings. The Bertz CT molecular complexity index is 327. The topological polar surface area (TPSA) is 59.4 Å². The Morgan fingerprint density at radius 3 is 3.08 bits per heavy atom. The van der Waals surface area contributed by atoms with E-state index >= 15 is 0 Å². The van der Waals surface area contributed by atoms with Crippen LogP contribution in [-0.4, -0.2) is 22.7 Å². The lowest BCUT2D eigenvalue weighted by Gasteiger charge is -2.01. The van der Waals surface area contributed by atoms with Crippen LogP contribution in [-0.2, 0) is 4.74 Å². The van der Waals surface area contributed by atoms with Crippen molar-refractivity contribution >= 4 is 5.97 Å². The van der Waals surface area contributed by atoms with Gasteiger partial charge < -0.3 is 9.84 Å². The maximum absolute atomic E-state index is 12.8. The van der Waals surface area contributed by atoms with Gasteiger partial charge in [-0.05, 0) is 6.92 Å². The van der Waals surface area contributed by atoms with Crippen LogP contribution >= 0.6 is 0 Å². The Hall–Kier alpha value is -1.65. The van der Waals surface area contributed by atoms with E-state index in [1.54, 1.807) is 6.92 Å². The molecule has 1 aromatic heterocycles. The summed E-state index contributed by atoms with van der Waals surface area (Å²) in [5.74, 6) is -2.05. The summed E-state index contributed by atoms with van der Waals surface area (Å²) in [5, 5.41) is 8.92. The van der Waals surface area contributed by atoms with E-state index in [1.807, 2.05) is 0 Å². The molecule has 0 radical (unpaired) electrons. The van der Waals surface area contributed by atoms with E-state index in [9.17, 15) is 9.18 Å². The van der Waals surface area contributed by atoms with Crippen LogP contribution < -0.4 is 0 Å². The lowest BCUT2D eigenvalue weighted by molar-refractivity contribution is 0.0519. The van der Waals surface area contributed by atoms with Gasteiger partial charge in [0.25, 0.3) is 0 Å². The van der Waals surface area contributed by atoms with Gasteiger partial charge in [-0.25, -0.2) is 9.78 Å². The second-order valence-electron chi connectivity index (χ2n) is 2.25. The molecule has 0 aliphatic heterocycles. The van der Waals surface area contributed by atoms with Gasteiger partial charge in [0.05, 0.1) is 12.8 Å². The number of hydrogen-bond donors (Lipinski definition) is 1. The third kappa shape index (κ3) is 2.14. The molecule has 1 aromatic rings. The van der Waals surface area contributed by atoms with Crippen LogP contribution in [0.4, 0.5) is 4.39 Å². The molecule has 0 saturated carbocycles. The largest absolute Gasteiger partial charge is 0.506 e. The van der Waals surface area contributed by atoms with E-state index in [4.69, 9.17) is 5.11 Å². The highest BCUT2D eigenvalue weighted by Gasteiger charge is 2.14. The minimum Gasteiger partial charge on any atom is -0.506 e. The number of pyridine rings is 1. The van der Waals surface area contributed by atoms with Gasteiger partial charge in [-0.3, -0.25) is 0 Å². The zero-order valence-electron chi connectivity index (χ0n) is 6.95. The first-order valence-electron chi connectivity index (χ1n) is 3.66. The number of halogens is 1. The van der Waals surface area contributed by atoms with Crippen LogP contribution in [0.2, 0.25) is 0 Å². The third-order valence-corrected chi connectivity index (χ3v) is 1.32. The van der Waals surface area contributed by atoms with Crippen LogP contribution in [0, 0.1) is 5.95 Å². The van der Waals surface area contributed by atoms with Crippen LogP contribution in [0.3, 0.4) is 0 Å². The summed E-state index contributed by atoms with van der Waals surface area (Å²) in [6, 6.07) is 0.973. The maximum atomic E-state index is 12.8. The average molecular weight is 185 g/mol. The molecule has 0 spiro atoms. The van der Waals surface area contributed by atoms with Crippen molar-refractivity contribution in [3.8, 4) is 5.75 Å². The number of carbonyl (C=O) groups excluding carboxylic acids is 1. The Balaban J connectivity index is 2.99. The van der Waals surface area contributed by atoms with Crippen molar-refractivity contribution in [2.75, 3.05) is 6.61 Å². The predicted molar refractivity (Wildman–Crippen MR) is 41.8 cm³/mol. The number of rotatable bonds is 2. The van der Waals surface area contributed by atoms with E-state index in [1.165, 1.54) is 0 Å². The molecular formula is C8H8FNO3. The summed E-state index contributed by atoms with van der Waals surface area (Å²) >= 11 is 0. The van der Waals surface area contributed by atoms with Crippen molar-refractivity contribution in [2.45, 2.75) is 6.92 Å². The number of nitrogens with zero attached hydrogens (tertiary/aromatic N) is 1. The van der Waals surface area contributed by atoms with Gasteiger partial charge in [0.1, 0.15) is 11.3 Å². The van der Waals surface area contributed by atoms with Gasteiger partial charge in [0.15, 0.2) is 0 Å². The zero-order chi connectivity index (χ0) is 9.84. The molecule has 0 aliphatic rings. The van der Waals surface area contributed by atoms with E-state index in [0.717, 1.165) is 12.3 Å². The molecule has 1 rings (SSSR count). The lowest BCUT2D eigenvalue weighted by atomic mass is 10.3. The molecule has 0 amide bonds. The fourth-order valence-corrected chi connectivity index (χ4v) is 0.789. The van der Waals surface area contributed by atoms with Crippen LogP contribution in [0.5, 0.6) is 5.75 Å². The van der Waals surface area contributed by atoms with Gasteiger partial charge in [0, 0.05) is 6.07 Å². The highest BCUT2D eigenvalue weighted by atomic mass is 19.1. The molecule has 0 atom stereocenters. The molecule has 0 aliphatic carbocycles. The summed E-state index contributed by atoms with van der Waals surface area (Å²) in [7, 11) is 0. The summed E-state index contributed by atoms with van der Waals surface area (Å²) in [5.41, 5.74) is -0.359. The minimum atomic E-state index is -0.948. The normalized spacial score (nSPS) is 9.69. The SMILES string of the molecule is CCOC(=O)c1cc(O)cnc1F. The number of aromatic nitrogens is 1.